The number of aryl methyl sites for hydroxylation is 1. The number of rotatable bonds is 7. The maximum atomic E-state index is 13.3. The predicted octanol–water partition coefficient (Wildman–Crippen LogP) is 5.26. The fraction of sp³-hybridized carbons (Fsp3) is 0.185. The molecule has 0 radical (unpaired) electrons. The molecule has 0 fully saturated rings. The van der Waals surface area contributed by atoms with Crippen LogP contribution in [0.15, 0.2) is 89.1 Å². The molecule has 176 valence electrons. The van der Waals surface area contributed by atoms with Crippen LogP contribution in [-0.2, 0) is 4.79 Å². The largest absolute Gasteiger partial charge is 0.497 e. The van der Waals surface area contributed by atoms with E-state index >= 15 is 0 Å². The fourth-order valence-electron chi connectivity index (χ4n) is 3.97. The molecule has 2 heterocycles. The van der Waals surface area contributed by atoms with Gasteiger partial charge in [0.25, 0.3) is 5.91 Å². The van der Waals surface area contributed by atoms with Crippen molar-refractivity contribution in [1.82, 2.24) is 20.2 Å². The summed E-state index contributed by atoms with van der Waals surface area (Å²) in [5.74, 6) is 1.55. The van der Waals surface area contributed by atoms with Gasteiger partial charge in [-0.05, 0) is 30.2 Å². The van der Waals surface area contributed by atoms with Gasteiger partial charge >= 0.3 is 0 Å². The van der Waals surface area contributed by atoms with Crippen molar-refractivity contribution in [3.63, 3.8) is 0 Å². The maximum absolute atomic E-state index is 13.3. The Morgan fingerprint density at radius 1 is 1.03 bits per heavy atom. The Kier molecular flexibility index (Phi) is 6.63. The van der Waals surface area contributed by atoms with Crippen LogP contribution in [0.3, 0.4) is 0 Å². The summed E-state index contributed by atoms with van der Waals surface area (Å²) in [6.07, 6.45) is 0.644. The van der Waals surface area contributed by atoms with E-state index in [1.807, 2.05) is 85.8 Å². The molecule has 1 unspecified atom stereocenters. The molecule has 4 aromatic rings. The summed E-state index contributed by atoms with van der Waals surface area (Å²) < 4.78 is 5.29. The summed E-state index contributed by atoms with van der Waals surface area (Å²) in [4.78, 5) is 17.9. The lowest BCUT2D eigenvalue weighted by Gasteiger charge is -2.22. The lowest BCUT2D eigenvalue weighted by Crippen LogP contribution is -2.28. The van der Waals surface area contributed by atoms with E-state index in [0.717, 1.165) is 28.2 Å². The molecule has 0 spiro atoms. The summed E-state index contributed by atoms with van der Waals surface area (Å²) in [7, 11) is 1.64. The van der Waals surface area contributed by atoms with Gasteiger partial charge in [-0.15, -0.1) is 5.10 Å². The minimum Gasteiger partial charge on any atom is -0.497 e. The van der Waals surface area contributed by atoms with Crippen molar-refractivity contribution in [3.05, 3.63) is 95.6 Å². The maximum Gasteiger partial charge on any atom is 0.253 e. The van der Waals surface area contributed by atoms with Crippen molar-refractivity contribution in [2.45, 2.75) is 24.5 Å². The van der Waals surface area contributed by atoms with Crippen molar-refractivity contribution in [1.29, 1.82) is 0 Å². The number of ether oxygens (including phenoxy) is 1. The highest BCUT2D eigenvalue weighted by molar-refractivity contribution is 7.99. The van der Waals surface area contributed by atoms with Gasteiger partial charge in [-0.25, -0.2) is 9.99 Å². The molecule has 0 saturated heterocycles. The van der Waals surface area contributed by atoms with Crippen LogP contribution in [0.1, 0.15) is 29.2 Å². The van der Waals surface area contributed by atoms with Gasteiger partial charge in [0.1, 0.15) is 5.75 Å². The Hall–Kier alpha value is -3.91. The van der Waals surface area contributed by atoms with Crippen LogP contribution in [0.2, 0.25) is 0 Å². The molecule has 0 bridgehead atoms. The van der Waals surface area contributed by atoms with E-state index in [4.69, 9.17) is 9.84 Å². The predicted molar refractivity (Wildman–Crippen MR) is 137 cm³/mol. The molecule has 1 aromatic heterocycles. The quantitative estimate of drug-likeness (QED) is 0.363. The Labute approximate surface area is 208 Å². The van der Waals surface area contributed by atoms with Crippen LogP contribution in [0.4, 0.5) is 0 Å². The molecule has 1 N–H and O–H groups in total. The number of benzene rings is 3. The van der Waals surface area contributed by atoms with Gasteiger partial charge in [-0.1, -0.05) is 84.1 Å². The number of carbonyl (C=O) groups excluding carboxylic acids is 1. The van der Waals surface area contributed by atoms with Crippen molar-refractivity contribution < 1.29 is 9.53 Å². The number of thioether (sulfide) groups is 1. The molecule has 0 saturated carbocycles. The van der Waals surface area contributed by atoms with Crippen molar-refractivity contribution in [2.24, 2.45) is 5.10 Å². The number of hydrogen-bond donors (Lipinski definition) is 1. The minimum absolute atomic E-state index is 0.0940. The normalized spacial score (nSPS) is 15.2. The van der Waals surface area contributed by atoms with Crippen LogP contribution in [0, 0.1) is 6.92 Å². The molecular formula is C27H25N5O2S. The summed E-state index contributed by atoms with van der Waals surface area (Å²) in [5, 5.41) is 14.1. The number of hydrazone groups is 1. The van der Waals surface area contributed by atoms with E-state index < -0.39 is 0 Å². The highest BCUT2D eigenvalue weighted by Gasteiger charge is 2.33. The summed E-state index contributed by atoms with van der Waals surface area (Å²) in [5.41, 5.74) is 5.06. The van der Waals surface area contributed by atoms with Gasteiger partial charge in [-0.3, -0.25) is 9.89 Å². The third kappa shape index (κ3) is 5.12. The highest BCUT2D eigenvalue weighted by atomic mass is 32.2. The second kappa shape index (κ2) is 10.1. The zero-order chi connectivity index (χ0) is 24.2. The third-order valence-electron chi connectivity index (χ3n) is 5.89. The third-order valence-corrected chi connectivity index (χ3v) is 6.72. The molecule has 5 rings (SSSR count). The number of aromatic amines is 1. The zero-order valence-electron chi connectivity index (χ0n) is 19.5. The second-order valence-corrected chi connectivity index (χ2v) is 9.21. The molecule has 8 heteroatoms. The molecule has 3 aromatic carbocycles. The first kappa shape index (κ1) is 22.9. The molecule has 7 nitrogen and oxygen atoms in total. The van der Waals surface area contributed by atoms with E-state index in [2.05, 4.69) is 15.2 Å². The highest BCUT2D eigenvalue weighted by Crippen LogP contribution is 2.34. The summed E-state index contributed by atoms with van der Waals surface area (Å²) >= 11 is 1.30. The van der Waals surface area contributed by atoms with Crippen molar-refractivity contribution >= 4 is 23.4 Å². The fourth-order valence-corrected chi connectivity index (χ4v) is 4.63. The Morgan fingerprint density at radius 2 is 1.77 bits per heavy atom. The standard InChI is InChI=1S/C27H25N5O2S/c1-18-8-10-21(11-9-18)26-28-27(30-29-26)35-17-25(33)32-24(20-12-14-22(34-2)15-13-20)16-23(31-32)19-6-4-3-5-7-19/h3-15,24H,16-17H2,1-2H3,(H,28,29,30). The number of methoxy groups -OCH3 is 1. The van der Waals surface area contributed by atoms with Crippen LogP contribution < -0.4 is 4.74 Å². The minimum atomic E-state index is -0.181. The Balaban J connectivity index is 1.33. The van der Waals surface area contributed by atoms with Crippen LogP contribution >= 0.6 is 11.8 Å². The van der Waals surface area contributed by atoms with Crippen LogP contribution in [0.5, 0.6) is 5.75 Å². The number of hydrogen-bond acceptors (Lipinski definition) is 6. The first-order valence-corrected chi connectivity index (χ1v) is 12.3. The average Bonchev–Trinajstić information content (AvgIpc) is 3.56. The number of nitrogens with one attached hydrogen (secondary N) is 1. The van der Waals surface area contributed by atoms with Crippen LogP contribution in [0.25, 0.3) is 11.4 Å². The number of aromatic nitrogens is 3. The molecule has 1 aliphatic heterocycles. The number of amides is 1. The number of nitrogens with zero attached hydrogens (tertiary/aromatic N) is 4. The molecule has 35 heavy (non-hydrogen) atoms. The SMILES string of the molecule is COc1ccc(C2CC(c3ccccc3)=NN2C(=O)CSc2n[nH]c(-c3ccc(C)cc3)n2)cc1. The first-order valence-electron chi connectivity index (χ1n) is 11.3. The van der Waals surface area contributed by atoms with E-state index in [9.17, 15) is 4.79 Å². The first-order chi connectivity index (χ1) is 17.1. The monoisotopic (exact) mass is 483 g/mol. The van der Waals surface area contributed by atoms with Crippen LogP contribution in [-0.4, -0.2) is 44.7 Å². The molecule has 0 aliphatic carbocycles. The van der Waals surface area contributed by atoms with Gasteiger partial charge in [0.15, 0.2) is 5.82 Å². The molecule has 1 aliphatic rings. The van der Waals surface area contributed by atoms with E-state index in [-0.39, 0.29) is 17.7 Å². The molecule has 1 atom stereocenters. The van der Waals surface area contributed by atoms with Gasteiger partial charge < -0.3 is 4.74 Å². The zero-order valence-corrected chi connectivity index (χ0v) is 20.3. The molecule has 1 amide bonds. The van der Waals surface area contributed by atoms with E-state index in [1.54, 1.807) is 12.1 Å². The van der Waals surface area contributed by atoms with Gasteiger partial charge in [0.2, 0.25) is 5.16 Å². The van der Waals surface area contributed by atoms with Gasteiger partial charge in [-0.2, -0.15) is 5.10 Å². The smallest absolute Gasteiger partial charge is 0.253 e. The second-order valence-electron chi connectivity index (χ2n) is 8.27. The number of H-pyrrole nitrogens is 1. The lowest BCUT2D eigenvalue weighted by molar-refractivity contribution is -0.130. The Morgan fingerprint density at radius 3 is 2.49 bits per heavy atom. The lowest BCUT2D eigenvalue weighted by atomic mass is 9.98. The van der Waals surface area contributed by atoms with Gasteiger partial charge in [0.05, 0.1) is 24.6 Å². The summed E-state index contributed by atoms with van der Waals surface area (Å²) in [6.45, 7) is 2.04. The van der Waals surface area contributed by atoms with Crippen molar-refractivity contribution in [2.75, 3.05) is 12.9 Å². The topological polar surface area (TPSA) is 83.5 Å². The average molecular weight is 484 g/mol. The van der Waals surface area contributed by atoms with E-state index in [1.165, 1.54) is 17.3 Å². The number of carbonyl (C=O) groups is 1. The Bertz CT molecular complexity index is 1330. The molecular weight excluding hydrogens is 458 g/mol. The van der Waals surface area contributed by atoms with Gasteiger partial charge in [0, 0.05) is 12.0 Å². The summed E-state index contributed by atoms with van der Waals surface area (Å²) in [6, 6.07) is 25.7. The van der Waals surface area contributed by atoms with Crippen molar-refractivity contribution in [3.8, 4) is 17.1 Å². The van der Waals surface area contributed by atoms with E-state index in [0.29, 0.717) is 17.4 Å².